The molecule has 0 saturated heterocycles. The number of nitrogens with one attached hydrogen (secondary N) is 1. The number of rotatable bonds is 5. The zero-order chi connectivity index (χ0) is 16.3. The molecule has 3 rings (SSSR count). The maximum absolute atomic E-state index is 8.95. The standard InChI is InChI=1S/C19H20N2O2/c1-19(2,16-6-7-17-18(9-16)23-13-22-17)12-21-11-15-5-3-4-14(8-15)10-20/h3-9,21H,11-13H2,1-2H3. The van der Waals surface area contributed by atoms with Gasteiger partial charge in [0.2, 0.25) is 6.79 Å². The fourth-order valence-electron chi connectivity index (χ4n) is 2.69. The molecule has 4 nitrogen and oxygen atoms in total. The first kappa shape index (κ1) is 15.4. The molecule has 0 radical (unpaired) electrons. The van der Waals surface area contributed by atoms with Gasteiger partial charge >= 0.3 is 0 Å². The van der Waals surface area contributed by atoms with Crippen molar-refractivity contribution in [2.45, 2.75) is 25.8 Å². The van der Waals surface area contributed by atoms with E-state index in [1.54, 1.807) is 0 Å². The minimum atomic E-state index is -0.0339. The molecule has 0 bridgehead atoms. The summed E-state index contributed by atoms with van der Waals surface area (Å²) in [5.41, 5.74) is 2.98. The van der Waals surface area contributed by atoms with Crippen molar-refractivity contribution >= 4 is 0 Å². The first-order valence-electron chi connectivity index (χ1n) is 7.68. The Morgan fingerprint density at radius 2 is 1.96 bits per heavy atom. The summed E-state index contributed by atoms with van der Waals surface area (Å²) in [7, 11) is 0. The van der Waals surface area contributed by atoms with E-state index in [0.717, 1.165) is 30.2 Å². The number of nitriles is 1. The van der Waals surface area contributed by atoms with Crippen LogP contribution < -0.4 is 14.8 Å². The van der Waals surface area contributed by atoms with Crippen molar-refractivity contribution in [3.63, 3.8) is 0 Å². The minimum Gasteiger partial charge on any atom is -0.454 e. The Morgan fingerprint density at radius 3 is 2.78 bits per heavy atom. The number of ether oxygens (including phenoxy) is 2. The average Bonchev–Trinajstić information content (AvgIpc) is 3.02. The van der Waals surface area contributed by atoms with E-state index in [4.69, 9.17) is 14.7 Å². The molecule has 1 aliphatic heterocycles. The molecule has 1 aliphatic rings. The molecule has 0 amide bonds. The van der Waals surface area contributed by atoms with Gasteiger partial charge in [-0.1, -0.05) is 32.0 Å². The fourth-order valence-corrected chi connectivity index (χ4v) is 2.69. The quantitative estimate of drug-likeness (QED) is 0.920. The highest BCUT2D eigenvalue weighted by Crippen LogP contribution is 2.36. The lowest BCUT2D eigenvalue weighted by Crippen LogP contribution is -2.32. The van der Waals surface area contributed by atoms with Crippen LogP contribution in [0.3, 0.4) is 0 Å². The highest BCUT2D eigenvalue weighted by molar-refractivity contribution is 5.46. The van der Waals surface area contributed by atoms with Gasteiger partial charge in [-0.3, -0.25) is 0 Å². The summed E-state index contributed by atoms with van der Waals surface area (Å²) in [5.74, 6) is 1.63. The molecule has 0 unspecified atom stereocenters. The predicted octanol–water partition coefficient (Wildman–Crippen LogP) is 3.35. The summed E-state index contributed by atoms with van der Waals surface area (Å²) >= 11 is 0. The average molecular weight is 308 g/mol. The minimum absolute atomic E-state index is 0.0339. The van der Waals surface area contributed by atoms with Crippen LogP contribution in [0.2, 0.25) is 0 Å². The second-order valence-electron chi connectivity index (χ2n) is 6.37. The molecule has 1 heterocycles. The lowest BCUT2D eigenvalue weighted by atomic mass is 9.84. The molecule has 0 aliphatic carbocycles. The summed E-state index contributed by atoms with van der Waals surface area (Å²) < 4.78 is 10.8. The molecule has 0 fully saturated rings. The molecular weight excluding hydrogens is 288 g/mol. The van der Waals surface area contributed by atoms with Crippen molar-refractivity contribution in [2.24, 2.45) is 0 Å². The molecule has 2 aromatic carbocycles. The molecule has 2 aromatic rings. The molecule has 4 heteroatoms. The second-order valence-corrected chi connectivity index (χ2v) is 6.37. The number of benzene rings is 2. The largest absolute Gasteiger partial charge is 0.454 e. The Morgan fingerprint density at radius 1 is 1.13 bits per heavy atom. The third kappa shape index (κ3) is 3.46. The molecule has 0 spiro atoms. The van der Waals surface area contributed by atoms with Crippen molar-refractivity contribution in [2.75, 3.05) is 13.3 Å². The maximum Gasteiger partial charge on any atom is 0.231 e. The van der Waals surface area contributed by atoms with Crippen LogP contribution in [0.4, 0.5) is 0 Å². The number of hydrogen-bond donors (Lipinski definition) is 1. The van der Waals surface area contributed by atoms with E-state index in [0.29, 0.717) is 12.4 Å². The van der Waals surface area contributed by atoms with Crippen molar-refractivity contribution in [1.82, 2.24) is 5.32 Å². The Bertz CT molecular complexity index is 747. The van der Waals surface area contributed by atoms with Crippen LogP contribution in [-0.2, 0) is 12.0 Å². The number of fused-ring (bicyclic) bond motifs is 1. The van der Waals surface area contributed by atoms with Crippen molar-refractivity contribution in [3.05, 3.63) is 59.2 Å². The summed E-state index contributed by atoms with van der Waals surface area (Å²) in [6.07, 6.45) is 0. The maximum atomic E-state index is 8.95. The normalized spacial score (nSPS) is 12.9. The van der Waals surface area contributed by atoms with Crippen molar-refractivity contribution in [3.8, 4) is 17.6 Å². The summed E-state index contributed by atoms with van der Waals surface area (Å²) in [6.45, 7) is 6.26. The third-order valence-corrected chi connectivity index (χ3v) is 4.11. The Balaban J connectivity index is 1.63. The zero-order valence-electron chi connectivity index (χ0n) is 13.4. The van der Waals surface area contributed by atoms with E-state index in [1.807, 2.05) is 30.3 Å². The molecule has 0 aromatic heterocycles. The van der Waals surface area contributed by atoms with Crippen LogP contribution in [0.15, 0.2) is 42.5 Å². The van der Waals surface area contributed by atoms with E-state index in [1.165, 1.54) is 5.56 Å². The van der Waals surface area contributed by atoms with Crippen LogP contribution >= 0.6 is 0 Å². The summed E-state index contributed by atoms with van der Waals surface area (Å²) in [5, 5.41) is 12.4. The van der Waals surface area contributed by atoms with Crippen LogP contribution in [0, 0.1) is 11.3 Å². The topological polar surface area (TPSA) is 54.3 Å². The first-order chi connectivity index (χ1) is 11.1. The van der Waals surface area contributed by atoms with E-state index >= 15 is 0 Å². The van der Waals surface area contributed by atoms with E-state index in [9.17, 15) is 0 Å². The van der Waals surface area contributed by atoms with Gasteiger partial charge in [-0.25, -0.2) is 0 Å². The summed E-state index contributed by atoms with van der Waals surface area (Å²) in [6, 6.07) is 16.0. The Labute approximate surface area is 136 Å². The SMILES string of the molecule is CC(C)(CNCc1cccc(C#N)c1)c1ccc2c(c1)OCO2. The van der Waals surface area contributed by atoms with Crippen molar-refractivity contribution in [1.29, 1.82) is 5.26 Å². The Hall–Kier alpha value is -2.51. The van der Waals surface area contributed by atoms with Gasteiger partial charge < -0.3 is 14.8 Å². The van der Waals surface area contributed by atoms with E-state index in [2.05, 4.69) is 37.4 Å². The highest BCUT2D eigenvalue weighted by atomic mass is 16.7. The molecule has 0 saturated carbocycles. The number of hydrogen-bond acceptors (Lipinski definition) is 4. The third-order valence-electron chi connectivity index (χ3n) is 4.11. The predicted molar refractivity (Wildman–Crippen MR) is 88.5 cm³/mol. The van der Waals surface area contributed by atoms with Gasteiger partial charge in [0.1, 0.15) is 0 Å². The van der Waals surface area contributed by atoms with Crippen LogP contribution in [-0.4, -0.2) is 13.3 Å². The lowest BCUT2D eigenvalue weighted by Gasteiger charge is -2.26. The van der Waals surface area contributed by atoms with Gasteiger partial charge in [0.25, 0.3) is 0 Å². The smallest absolute Gasteiger partial charge is 0.231 e. The Kier molecular flexibility index (Phi) is 4.22. The molecule has 118 valence electrons. The van der Waals surface area contributed by atoms with Gasteiger partial charge in [0, 0.05) is 18.5 Å². The molecule has 23 heavy (non-hydrogen) atoms. The van der Waals surface area contributed by atoms with Crippen LogP contribution in [0.25, 0.3) is 0 Å². The van der Waals surface area contributed by atoms with Crippen LogP contribution in [0.1, 0.15) is 30.5 Å². The summed E-state index contributed by atoms with van der Waals surface area (Å²) in [4.78, 5) is 0. The molecular formula is C19H20N2O2. The molecule has 0 atom stereocenters. The monoisotopic (exact) mass is 308 g/mol. The van der Waals surface area contributed by atoms with Gasteiger partial charge in [-0.05, 0) is 35.4 Å². The van der Waals surface area contributed by atoms with Crippen LogP contribution in [0.5, 0.6) is 11.5 Å². The lowest BCUT2D eigenvalue weighted by molar-refractivity contribution is 0.174. The fraction of sp³-hybridized carbons (Fsp3) is 0.316. The van der Waals surface area contributed by atoms with Crippen molar-refractivity contribution < 1.29 is 9.47 Å². The second kappa shape index (κ2) is 6.31. The van der Waals surface area contributed by atoms with Gasteiger partial charge in [0.15, 0.2) is 11.5 Å². The molecule has 1 N–H and O–H groups in total. The van der Waals surface area contributed by atoms with Gasteiger partial charge in [-0.2, -0.15) is 5.26 Å². The highest BCUT2D eigenvalue weighted by Gasteiger charge is 2.23. The number of nitrogens with zero attached hydrogens (tertiary/aromatic N) is 1. The zero-order valence-corrected chi connectivity index (χ0v) is 13.4. The van der Waals surface area contributed by atoms with Gasteiger partial charge in [0.05, 0.1) is 11.6 Å². The van der Waals surface area contributed by atoms with Gasteiger partial charge in [-0.15, -0.1) is 0 Å². The first-order valence-corrected chi connectivity index (χ1v) is 7.68. The van der Waals surface area contributed by atoms with E-state index in [-0.39, 0.29) is 5.41 Å². The van der Waals surface area contributed by atoms with E-state index < -0.39 is 0 Å².